The number of rotatable bonds is 2. The molecule has 1 aliphatic carbocycles. The quantitative estimate of drug-likeness (QED) is 0.696. The van der Waals surface area contributed by atoms with Crippen LogP contribution in [-0.4, -0.2) is 35.3 Å². The molecule has 1 atom stereocenters. The second kappa shape index (κ2) is 4.05. The van der Waals surface area contributed by atoms with Crippen LogP contribution in [0.5, 0.6) is 0 Å². The lowest BCUT2D eigenvalue weighted by Crippen LogP contribution is -2.45. The van der Waals surface area contributed by atoms with Crippen molar-refractivity contribution in [3.05, 3.63) is 0 Å². The smallest absolute Gasteiger partial charge is 0.248 e. The Balaban J connectivity index is 1.71. The van der Waals surface area contributed by atoms with Crippen LogP contribution in [0.15, 0.2) is 0 Å². The topological polar surface area (TPSA) is 3.24 Å². The first kappa shape index (κ1) is 10.8. The highest BCUT2D eigenvalue weighted by atomic mass is 79.9. The Morgan fingerprint density at radius 1 is 1.36 bits per heavy atom. The van der Waals surface area contributed by atoms with Gasteiger partial charge in [0.05, 0.1) is 0 Å². The van der Waals surface area contributed by atoms with Gasteiger partial charge in [-0.05, 0) is 25.3 Å². The molecule has 0 aromatic heterocycles. The molecule has 0 aromatic carbocycles. The molecule has 1 saturated carbocycles. The van der Waals surface area contributed by atoms with Crippen LogP contribution in [0.25, 0.3) is 0 Å². The Kier molecular flexibility index (Phi) is 3.12. The first-order chi connectivity index (χ1) is 6.55. The average molecular weight is 268 g/mol. The summed E-state index contributed by atoms with van der Waals surface area (Å²) in [6.45, 7) is 2.99. The normalized spacial score (nSPS) is 34.1. The van der Waals surface area contributed by atoms with Gasteiger partial charge < -0.3 is 4.90 Å². The van der Waals surface area contributed by atoms with Crippen LogP contribution in [0.2, 0.25) is 0 Å². The number of hydrogen-bond acceptors (Lipinski definition) is 1. The highest BCUT2D eigenvalue weighted by molar-refractivity contribution is 9.09. The molecular formula is C10H16BrF2N. The standard InChI is InChI=1S/C10H16BrF2N/c11-9-2-1-3-14(7-9)6-8-4-10(12,13)5-8/h8-9H,1-7H2. The van der Waals surface area contributed by atoms with Gasteiger partial charge in [-0.3, -0.25) is 0 Å². The van der Waals surface area contributed by atoms with Gasteiger partial charge in [0.25, 0.3) is 0 Å². The third kappa shape index (κ3) is 2.66. The largest absolute Gasteiger partial charge is 0.302 e. The van der Waals surface area contributed by atoms with Crippen molar-refractivity contribution in [2.45, 2.75) is 36.4 Å². The molecule has 1 saturated heterocycles. The third-order valence-corrected chi connectivity index (χ3v) is 3.89. The fourth-order valence-corrected chi connectivity index (χ4v) is 3.18. The predicted molar refractivity (Wildman–Crippen MR) is 56.1 cm³/mol. The van der Waals surface area contributed by atoms with E-state index < -0.39 is 5.92 Å². The summed E-state index contributed by atoms with van der Waals surface area (Å²) in [4.78, 5) is 2.89. The molecular weight excluding hydrogens is 252 g/mol. The van der Waals surface area contributed by atoms with Gasteiger partial charge in [0.2, 0.25) is 5.92 Å². The van der Waals surface area contributed by atoms with Crippen LogP contribution in [0.3, 0.4) is 0 Å². The van der Waals surface area contributed by atoms with Gasteiger partial charge in [-0.25, -0.2) is 8.78 Å². The van der Waals surface area contributed by atoms with E-state index in [2.05, 4.69) is 20.8 Å². The number of likely N-dealkylation sites (tertiary alicyclic amines) is 1. The van der Waals surface area contributed by atoms with Crippen molar-refractivity contribution in [3.63, 3.8) is 0 Å². The summed E-state index contributed by atoms with van der Waals surface area (Å²) in [6.07, 6.45) is 2.63. The van der Waals surface area contributed by atoms with Crippen LogP contribution in [-0.2, 0) is 0 Å². The lowest BCUT2D eigenvalue weighted by atomic mass is 9.81. The van der Waals surface area contributed by atoms with Gasteiger partial charge in [-0.2, -0.15) is 0 Å². The van der Waals surface area contributed by atoms with Crippen molar-refractivity contribution < 1.29 is 8.78 Å². The summed E-state index contributed by atoms with van der Waals surface area (Å²) < 4.78 is 25.2. The van der Waals surface area contributed by atoms with Crippen LogP contribution in [0.4, 0.5) is 8.78 Å². The Morgan fingerprint density at radius 2 is 2.07 bits per heavy atom. The predicted octanol–water partition coefficient (Wildman–Crippen LogP) is 2.89. The molecule has 2 fully saturated rings. The molecule has 14 heavy (non-hydrogen) atoms. The van der Waals surface area contributed by atoms with Gasteiger partial charge in [0.1, 0.15) is 0 Å². The van der Waals surface area contributed by atoms with Gasteiger partial charge in [0.15, 0.2) is 0 Å². The van der Waals surface area contributed by atoms with Crippen LogP contribution in [0, 0.1) is 5.92 Å². The fraction of sp³-hybridized carbons (Fsp3) is 1.00. The summed E-state index contributed by atoms with van der Waals surface area (Å²) in [6, 6.07) is 0. The summed E-state index contributed by atoms with van der Waals surface area (Å²) in [5.74, 6) is -2.11. The molecule has 0 bridgehead atoms. The molecule has 1 aliphatic heterocycles. The molecule has 0 spiro atoms. The fourth-order valence-electron chi connectivity index (χ4n) is 2.44. The lowest BCUT2D eigenvalue weighted by molar-refractivity contribution is -0.116. The summed E-state index contributed by atoms with van der Waals surface area (Å²) in [5, 5.41) is 0. The Morgan fingerprint density at radius 3 is 2.64 bits per heavy atom. The van der Waals surface area contributed by atoms with E-state index in [1.54, 1.807) is 0 Å². The third-order valence-electron chi connectivity index (χ3n) is 3.14. The zero-order chi connectivity index (χ0) is 10.2. The maximum Gasteiger partial charge on any atom is 0.248 e. The zero-order valence-corrected chi connectivity index (χ0v) is 9.77. The minimum Gasteiger partial charge on any atom is -0.302 e. The van der Waals surface area contributed by atoms with Crippen molar-refractivity contribution in [1.82, 2.24) is 4.90 Å². The van der Waals surface area contributed by atoms with E-state index in [1.165, 1.54) is 12.8 Å². The first-order valence-electron chi connectivity index (χ1n) is 5.29. The molecule has 0 aromatic rings. The number of hydrogen-bond donors (Lipinski definition) is 0. The van der Waals surface area contributed by atoms with E-state index in [-0.39, 0.29) is 18.8 Å². The van der Waals surface area contributed by atoms with Crippen molar-refractivity contribution in [2.24, 2.45) is 5.92 Å². The van der Waals surface area contributed by atoms with Crippen molar-refractivity contribution in [2.75, 3.05) is 19.6 Å². The van der Waals surface area contributed by atoms with Crippen LogP contribution < -0.4 is 0 Å². The maximum atomic E-state index is 12.6. The molecule has 2 rings (SSSR count). The van der Waals surface area contributed by atoms with E-state index in [1.807, 2.05) is 0 Å². The van der Waals surface area contributed by atoms with E-state index in [4.69, 9.17) is 0 Å². The molecule has 0 N–H and O–H groups in total. The molecule has 82 valence electrons. The average Bonchev–Trinajstić information content (AvgIpc) is 2.00. The zero-order valence-electron chi connectivity index (χ0n) is 8.19. The molecule has 1 heterocycles. The van der Waals surface area contributed by atoms with E-state index in [0.717, 1.165) is 19.6 Å². The Hall–Kier alpha value is 0.300. The van der Waals surface area contributed by atoms with Crippen LogP contribution >= 0.6 is 15.9 Å². The summed E-state index contributed by atoms with van der Waals surface area (Å²) in [7, 11) is 0. The van der Waals surface area contributed by atoms with Crippen LogP contribution in [0.1, 0.15) is 25.7 Å². The van der Waals surface area contributed by atoms with Gasteiger partial charge in [0, 0.05) is 30.8 Å². The second-order valence-electron chi connectivity index (χ2n) is 4.63. The van der Waals surface area contributed by atoms with E-state index in [0.29, 0.717) is 4.83 Å². The van der Waals surface area contributed by atoms with Gasteiger partial charge >= 0.3 is 0 Å². The minimum absolute atomic E-state index is 0.108. The monoisotopic (exact) mass is 267 g/mol. The molecule has 1 unspecified atom stereocenters. The molecule has 2 aliphatic rings. The van der Waals surface area contributed by atoms with Gasteiger partial charge in [-0.15, -0.1) is 0 Å². The maximum absolute atomic E-state index is 12.6. The highest BCUT2D eigenvalue weighted by Gasteiger charge is 2.45. The summed E-state index contributed by atoms with van der Waals surface area (Å²) in [5.41, 5.74) is 0. The van der Waals surface area contributed by atoms with E-state index in [9.17, 15) is 8.78 Å². The molecule has 1 nitrogen and oxygen atoms in total. The second-order valence-corrected chi connectivity index (χ2v) is 5.92. The van der Waals surface area contributed by atoms with Crippen molar-refractivity contribution >= 4 is 15.9 Å². The SMILES string of the molecule is FC1(F)CC(CN2CCCC(Br)C2)C1. The minimum atomic E-state index is -2.35. The van der Waals surface area contributed by atoms with Gasteiger partial charge in [-0.1, -0.05) is 15.9 Å². The number of halogens is 3. The van der Waals surface area contributed by atoms with E-state index >= 15 is 0 Å². The number of piperidine rings is 1. The van der Waals surface area contributed by atoms with Crippen molar-refractivity contribution in [3.8, 4) is 0 Å². The lowest BCUT2D eigenvalue weighted by Gasteiger charge is -2.40. The van der Waals surface area contributed by atoms with Crippen molar-refractivity contribution in [1.29, 1.82) is 0 Å². The number of nitrogens with zero attached hydrogens (tertiary/aromatic N) is 1. The molecule has 4 heteroatoms. The molecule has 0 radical (unpaired) electrons. The Labute approximate surface area is 92.0 Å². The number of alkyl halides is 3. The highest BCUT2D eigenvalue weighted by Crippen LogP contribution is 2.42. The Bertz CT molecular complexity index is 202. The summed E-state index contributed by atoms with van der Waals surface area (Å²) >= 11 is 3.59. The first-order valence-corrected chi connectivity index (χ1v) is 6.21. The molecule has 0 amide bonds.